The maximum atomic E-state index is 12.1. The summed E-state index contributed by atoms with van der Waals surface area (Å²) in [5.41, 5.74) is -0.993. The Kier molecular flexibility index (Phi) is 3.34. The zero-order valence-electron chi connectivity index (χ0n) is 10.6. The maximum absolute atomic E-state index is 12.1. The summed E-state index contributed by atoms with van der Waals surface area (Å²) in [6.45, 7) is 5.19. The molecular formula is C12H17N5O. The van der Waals surface area contributed by atoms with Crippen LogP contribution in [0, 0.1) is 16.7 Å². The number of nitriles is 1. The van der Waals surface area contributed by atoms with Gasteiger partial charge in [0.25, 0.3) is 0 Å². The van der Waals surface area contributed by atoms with Crippen LogP contribution >= 0.6 is 0 Å². The van der Waals surface area contributed by atoms with Crippen LogP contribution in [-0.2, 0) is 4.79 Å². The average molecular weight is 247 g/mol. The van der Waals surface area contributed by atoms with E-state index >= 15 is 0 Å². The number of aromatic nitrogens is 2. The number of amides is 1. The molecule has 1 aliphatic rings. The van der Waals surface area contributed by atoms with Crippen molar-refractivity contribution in [2.45, 2.75) is 26.3 Å². The second kappa shape index (κ2) is 4.78. The first-order chi connectivity index (χ1) is 8.60. The van der Waals surface area contributed by atoms with Crippen molar-refractivity contribution in [3.63, 3.8) is 0 Å². The lowest BCUT2D eigenvalue weighted by molar-refractivity contribution is -0.122. The van der Waals surface area contributed by atoms with E-state index < -0.39 is 5.41 Å². The van der Waals surface area contributed by atoms with Crippen LogP contribution in [0.1, 0.15) is 26.3 Å². The molecule has 18 heavy (non-hydrogen) atoms. The van der Waals surface area contributed by atoms with Crippen LogP contribution in [0.15, 0.2) is 12.3 Å². The highest BCUT2D eigenvalue weighted by Gasteiger charge is 2.32. The van der Waals surface area contributed by atoms with E-state index in [0.717, 1.165) is 13.1 Å². The molecule has 1 fully saturated rings. The van der Waals surface area contributed by atoms with Crippen LogP contribution in [0.25, 0.3) is 0 Å². The second-order valence-electron chi connectivity index (χ2n) is 4.72. The van der Waals surface area contributed by atoms with Crippen molar-refractivity contribution in [2.24, 2.45) is 5.41 Å². The molecule has 1 unspecified atom stereocenters. The Morgan fingerprint density at radius 3 is 3.00 bits per heavy atom. The normalized spacial score (nSPS) is 18.5. The third-order valence-electron chi connectivity index (χ3n) is 3.47. The maximum Gasteiger partial charge on any atom is 0.245 e. The third kappa shape index (κ3) is 2.09. The molecular weight excluding hydrogens is 230 g/mol. The van der Waals surface area contributed by atoms with E-state index in [2.05, 4.69) is 21.8 Å². The minimum atomic E-state index is -0.993. The molecule has 0 bridgehead atoms. The summed E-state index contributed by atoms with van der Waals surface area (Å²) in [7, 11) is 0. The highest BCUT2D eigenvalue weighted by molar-refractivity contribution is 5.96. The topological polar surface area (TPSA) is 82.7 Å². The molecule has 0 saturated carbocycles. The van der Waals surface area contributed by atoms with E-state index in [0.29, 0.717) is 12.2 Å². The number of nitrogens with one attached hydrogen (secondary N) is 2. The fourth-order valence-electron chi connectivity index (χ4n) is 1.70. The highest BCUT2D eigenvalue weighted by Crippen LogP contribution is 2.24. The molecule has 1 aliphatic heterocycles. The molecule has 0 spiro atoms. The molecule has 1 atom stereocenters. The fraction of sp³-hybridized carbons (Fsp3) is 0.583. The van der Waals surface area contributed by atoms with E-state index in [1.807, 2.05) is 6.92 Å². The number of anilines is 1. The molecule has 1 amide bonds. The van der Waals surface area contributed by atoms with Gasteiger partial charge in [0.1, 0.15) is 11.2 Å². The quantitative estimate of drug-likeness (QED) is 0.828. The number of carbonyl (C=O) groups excluding carboxylic acids is 1. The van der Waals surface area contributed by atoms with Gasteiger partial charge in [-0.1, -0.05) is 6.92 Å². The minimum Gasteiger partial charge on any atom is -0.312 e. The molecule has 1 aromatic rings. The SMILES string of the molecule is CCC(C)(C#N)C(=O)Nc1ccnn1C1CNC1. The zero-order chi connectivity index (χ0) is 13.2. The summed E-state index contributed by atoms with van der Waals surface area (Å²) in [6.07, 6.45) is 2.14. The lowest BCUT2D eigenvalue weighted by Gasteiger charge is -2.29. The number of nitrogens with zero attached hydrogens (tertiary/aromatic N) is 3. The Labute approximate surface area is 106 Å². The molecule has 0 radical (unpaired) electrons. The van der Waals surface area contributed by atoms with Crippen molar-refractivity contribution < 1.29 is 4.79 Å². The predicted octanol–water partition coefficient (Wildman–Crippen LogP) is 0.906. The predicted molar refractivity (Wildman–Crippen MR) is 66.8 cm³/mol. The standard InChI is InChI=1S/C12H17N5O/c1-3-12(2,8-13)11(18)16-10-4-5-15-17(10)9-6-14-7-9/h4-5,9,14H,3,6-7H2,1-2H3,(H,16,18). The molecule has 1 aromatic heterocycles. The van der Waals surface area contributed by atoms with Gasteiger partial charge in [-0.25, -0.2) is 4.68 Å². The van der Waals surface area contributed by atoms with E-state index in [1.54, 1.807) is 23.9 Å². The molecule has 0 aliphatic carbocycles. The Bertz CT molecular complexity index is 485. The van der Waals surface area contributed by atoms with E-state index in [4.69, 9.17) is 5.26 Å². The first-order valence-corrected chi connectivity index (χ1v) is 6.07. The van der Waals surface area contributed by atoms with Gasteiger partial charge in [0.05, 0.1) is 18.3 Å². The lowest BCUT2D eigenvalue weighted by atomic mass is 9.88. The number of carbonyl (C=O) groups is 1. The summed E-state index contributed by atoms with van der Waals surface area (Å²) in [5.74, 6) is 0.378. The summed E-state index contributed by atoms with van der Waals surface area (Å²) in [5, 5.41) is 19.2. The number of hydrogen-bond acceptors (Lipinski definition) is 4. The van der Waals surface area contributed by atoms with Crippen LogP contribution in [0.2, 0.25) is 0 Å². The van der Waals surface area contributed by atoms with Crippen LogP contribution in [0.3, 0.4) is 0 Å². The summed E-state index contributed by atoms with van der Waals surface area (Å²) in [4.78, 5) is 12.1. The highest BCUT2D eigenvalue weighted by atomic mass is 16.2. The van der Waals surface area contributed by atoms with Gasteiger partial charge in [0, 0.05) is 19.2 Å². The van der Waals surface area contributed by atoms with Gasteiger partial charge in [-0.2, -0.15) is 10.4 Å². The van der Waals surface area contributed by atoms with Crippen LogP contribution < -0.4 is 10.6 Å². The molecule has 6 nitrogen and oxygen atoms in total. The molecule has 2 rings (SSSR count). The van der Waals surface area contributed by atoms with Crippen molar-refractivity contribution in [1.82, 2.24) is 15.1 Å². The van der Waals surface area contributed by atoms with Gasteiger partial charge in [0.15, 0.2) is 0 Å². The molecule has 96 valence electrons. The molecule has 0 aromatic carbocycles. The molecule has 2 heterocycles. The van der Waals surface area contributed by atoms with E-state index in [1.165, 1.54) is 0 Å². The van der Waals surface area contributed by atoms with Gasteiger partial charge in [-0.3, -0.25) is 4.79 Å². The lowest BCUT2D eigenvalue weighted by Crippen LogP contribution is -2.44. The second-order valence-corrected chi connectivity index (χ2v) is 4.72. The molecule has 2 N–H and O–H groups in total. The Balaban J connectivity index is 2.12. The zero-order valence-corrected chi connectivity index (χ0v) is 10.6. The Hall–Kier alpha value is -1.87. The van der Waals surface area contributed by atoms with Crippen molar-refractivity contribution in [3.8, 4) is 6.07 Å². The smallest absolute Gasteiger partial charge is 0.245 e. The summed E-state index contributed by atoms with van der Waals surface area (Å²) in [6, 6.07) is 4.10. The average Bonchev–Trinajstić information content (AvgIpc) is 2.74. The monoisotopic (exact) mass is 247 g/mol. The Morgan fingerprint density at radius 2 is 2.50 bits per heavy atom. The third-order valence-corrected chi connectivity index (χ3v) is 3.47. The van der Waals surface area contributed by atoms with Gasteiger partial charge >= 0.3 is 0 Å². The number of rotatable bonds is 4. The van der Waals surface area contributed by atoms with Crippen LogP contribution in [-0.4, -0.2) is 28.8 Å². The molecule has 6 heteroatoms. The summed E-state index contributed by atoms with van der Waals surface area (Å²) < 4.78 is 1.79. The van der Waals surface area contributed by atoms with Crippen LogP contribution in [0.5, 0.6) is 0 Å². The summed E-state index contributed by atoms with van der Waals surface area (Å²) >= 11 is 0. The molecule has 1 saturated heterocycles. The van der Waals surface area contributed by atoms with E-state index in [-0.39, 0.29) is 11.9 Å². The van der Waals surface area contributed by atoms with Gasteiger partial charge < -0.3 is 10.6 Å². The number of hydrogen-bond donors (Lipinski definition) is 2. The largest absolute Gasteiger partial charge is 0.312 e. The van der Waals surface area contributed by atoms with Gasteiger partial charge in [-0.05, 0) is 13.3 Å². The van der Waals surface area contributed by atoms with Gasteiger partial charge in [0.2, 0.25) is 5.91 Å². The first-order valence-electron chi connectivity index (χ1n) is 6.07. The van der Waals surface area contributed by atoms with Crippen molar-refractivity contribution in [1.29, 1.82) is 5.26 Å². The Morgan fingerprint density at radius 1 is 1.78 bits per heavy atom. The van der Waals surface area contributed by atoms with Crippen molar-refractivity contribution >= 4 is 11.7 Å². The fourth-order valence-corrected chi connectivity index (χ4v) is 1.70. The van der Waals surface area contributed by atoms with Crippen molar-refractivity contribution in [3.05, 3.63) is 12.3 Å². The first kappa shape index (κ1) is 12.6. The minimum absolute atomic E-state index is 0.276. The van der Waals surface area contributed by atoms with Gasteiger partial charge in [-0.15, -0.1) is 0 Å². The van der Waals surface area contributed by atoms with Crippen LogP contribution in [0.4, 0.5) is 5.82 Å². The van der Waals surface area contributed by atoms with Crippen molar-refractivity contribution in [2.75, 3.05) is 18.4 Å². The van der Waals surface area contributed by atoms with E-state index in [9.17, 15) is 4.79 Å².